The van der Waals surface area contributed by atoms with E-state index in [4.69, 9.17) is 4.98 Å². The highest BCUT2D eigenvalue weighted by molar-refractivity contribution is 5.81. The van der Waals surface area contributed by atoms with Gasteiger partial charge in [0.25, 0.3) is 5.56 Å². The highest BCUT2D eigenvalue weighted by atomic mass is 16.2. The molecule has 2 saturated heterocycles. The number of likely N-dealkylation sites (tertiary alicyclic amines) is 2. The Labute approximate surface area is 167 Å². The van der Waals surface area contributed by atoms with Crippen molar-refractivity contribution >= 4 is 5.91 Å². The molecule has 1 amide bonds. The molecule has 3 aliphatic rings. The predicted octanol–water partition coefficient (Wildman–Crippen LogP) is 2.36. The van der Waals surface area contributed by atoms with Crippen LogP contribution in [0.2, 0.25) is 0 Å². The molecule has 3 heterocycles. The first-order valence-corrected chi connectivity index (χ1v) is 10.9. The minimum absolute atomic E-state index is 0.0131. The second-order valence-corrected chi connectivity index (χ2v) is 10.0. The molecule has 4 rings (SSSR count). The zero-order valence-corrected chi connectivity index (χ0v) is 17.8. The van der Waals surface area contributed by atoms with Gasteiger partial charge in [0.2, 0.25) is 5.91 Å². The second kappa shape index (κ2) is 6.97. The maximum absolute atomic E-state index is 13.0. The number of piperidine rings is 1. The summed E-state index contributed by atoms with van der Waals surface area (Å²) in [6, 6.07) is -0.0131. The summed E-state index contributed by atoms with van der Waals surface area (Å²) < 4.78 is 0. The number of aromatic amines is 1. The monoisotopic (exact) mass is 386 g/mol. The normalized spacial score (nSPS) is 23.2. The second-order valence-electron chi connectivity index (χ2n) is 10.0. The molecule has 1 aromatic heterocycles. The molecule has 0 saturated carbocycles. The summed E-state index contributed by atoms with van der Waals surface area (Å²) in [6.07, 6.45) is 6.02. The van der Waals surface area contributed by atoms with Crippen molar-refractivity contribution in [3.05, 3.63) is 27.4 Å². The van der Waals surface area contributed by atoms with Crippen molar-refractivity contribution < 1.29 is 4.79 Å². The largest absolute Gasteiger partial charge is 0.341 e. The highest BCUT2D eigenvalue weighted by Gasteiger charge is 2.45. The Bertz CT molecular complexity index is 809. The fraction of sp³-hybridized carbons (Fsp3) is 0.773. The van der Waals surface area contributed by atoms with E-state index in [0.29, 0.717) is 0 Å². The van der Waals surface area contributed by atoms with Gasteiger partial charge in [0, 0.05) is 29.5 Å². The Morgan fingerprint density at radius 2 is 1.75 bits per heavy atom. The fourth-order valence-corrected chi connectivity index (χ4v) is 5.20. The standard InChI is InChI=1S/C22H34N4O2/c1-15(25-11-5-6-12-25)19(28)26-13-9-22(10-14-26)8-7-16-17(22)23-20(21(2,3)4)24-18(16)27/h15H,5-14H2,1-4H3,(H,23,24,27). The molecular weight excluding hydrogens is 352 g/mol. The van der Waals surface area contributed by atoms with Gasteiger partial charge in [-0.05, 0) is 58.5 Å². The number of carbonyl (C=O) groups excluding carboxylic acids is 1. The summed E-state index contributed by atoms with van der Waals surface area (Å²) in [4.78, 5) is 38.0. The number of hydrogen-bond acceptors (Lipinski definition) is 4. The molecule has 1 N–H and O–H groups in total. The van der Waals surface area contributed by atoms with Gasteiger partial charge in [0.05, 0.1) is 11.7 Å². The quantitative estimate of drug-likeness (QED) is 0.847. The first-order chi connectivity index (χ1) is 13.2. The van der Waals surface area contributed by atoms with Crippen LogP contribution in [0.25, 0.3) is 0 Å². The lowest BCUT2D eigenvalue weighted by molar-refractivity contribution is -0.137. The van der Waals surface area contributed by atoms with Gasteiger partial charge in [-0.3, -0.25) is 14.5 Å². The zero-order chi connectivity index (χ0) is 20.1. The van der Waals surface area contributed by atoms with Gasteiger partial charge in [-0.1, -0.05) is 20.8 Å². The summed E-state index contributed by atoms with van der Waals surface area (Å²) in [5, 5.41) is 0. The van der Waals surface area contributed by atoms with E-state index in [0.717, 1.165) is 68.9 Å². The molecular formula is C22H34N4O2. The SMILES string of the molecule is CC(C(=O)N1CCC2(CCc3c2nc(C(C)(C)C)[nH]c3=O)CC1)N1CCCC1. The van der Waals surface area contributed by atoms with Crippen LogP contribution in [0.5, 0.6) is 0 Å². The Hall–Kier alpha value is -1.69. The summed E-state index contributed by atoms with van der Waals surface area (Å²) >= 11 is 0. The Morgan fingerprint density at radius 3 is 2.36 bits per heavy atom. The van der Waals surface area contributed by atoms with Gasteiger partial charge in [0.1, 0.15) is 5.82 Å². The number of amides is 1. The first-order valence-electron chi connectivity index (χ1n) is 10.9. The molecule has 2 fully saturated rings. The third-order valence-electron chi connectivity index (χ3n) is 7.16. The maximum atomic E-state index is 13.0. The zero-order valence-electron chi connectivity index (χ0n) is 17.8. The van der Waals surface area contributed by atoms with Gasteiger partial charge >= 0.3 is 0 Å². The summed E-state index contributed by atoms with van der Waals surface area (Å²) in [5.74, 6) is 1.04. The molecule has 28 heavy (non-hydrogen) atoms. The molecule has 0 radical (unpaired) electrons. The van der Waals surface area contributed by atoms with Crippen LogP contribution >= 0.6 is 0 Å². The third kappa shape index (κ3) is 3.30. The lowest BCUT2D eigenvalue weighted by atomic mass is 9.76. The lowest BCUT2D eigenvalue weighted by Crippen LogP contribution is -2.51. The molecule has 0 aromatic carbocycles. The average molecular weight is 387 g/mol. The topological polar surface area (TPSA) is 69.3 Å². The fourth-order valence-electron chi connectivity index (χ4n) is 5.20. The van der Waals surface area contributed by atoms with Crippen molar-refractivity contribution in [2.45, 2.75) is 83.1 Å². The molecule has 1 unspecified atom stereocenters. The Kier molecular flexibility index (Phi) is 4.89. The average Bonchev–Trinajstić information content (AvgIpc) is 3.30. The number of fused-ring (bicyclic) bond motifs is 2. The Morgan fingerprint density at radius 1 is 1.11 bits per heavy atom. The Balaban J connectivity index is 1.52. The van der Waals surface area contributed by atoms with Crippen LogP contribution in [0.4, 0.5) is 0 Å². The van der Waals surface area contributed by atoms with Crippen molar-refractivity contribution in [1.82, 2.24) is 19.8 Å². The minimum Gasteiger partial charge on any atom is -0.341 e. The smallest absolute Gasteiger partial charge is 0.254 e. The van der Waals surface area contributed by atoms with E-state index >= 15 is 0 Å². The number of hydrogen-bond donors (Lipinski definition) is 1. The van der Waals surface area contributed by atoms with Crippen molar-refractivity contribution in [3.63, 3.8) is 0 Å². The molecule has 1 atom stereocenters. The highest BCUT2D eigenvalue weighted by Crippen LogP contribution is 2.44. The molecule has 1 aliphatic carbocycles. The minimum atomic E-state index is -0.181. The van der Waals surface area contributed by atoms with E-state index in [2.05, 4.69) is 37.6 Å². The van der Waals surface area contributed by atoms with Crippen LogP contribution in [0.1, 0.15) is 76.9 Å². The van der Waals surface area contributed by atoms with E-state index < -0.39 is 0 Å². The first kappa shape index (κ1) is 19.6. The number of carbonyl (C=O) groups is 1. The molecule has 0 bridgehead atoms. The van der Waals surface area contributed by atoms with Crippen molar-refractivity contribution in [3.8, 4) is 0 Å². The van der Waals surface area contributed by atoms with Crippen molar-refractivity contribution in [1.29, 1.82) is 0 Å². The van der Waals surface area contributed by atoms with Crippen LogP contribution in [-0.4, -0.2) is 57.9 Å². The van der Waals surface area contributed by atoms with Gasteiger partial charge in [-0.15, -0.1) is 0 Å². The third-order valence-corrected chi connectivity index (χ3v) is 7.16. The number of nitrogens with zero attached hydrogens (tertiary/aromatic N) is 3. The van der Waals surface area contributed by atoms with E-state index in [9.17, 15) is 9.59 Å². The van der Waals surface area contributed by atoms with Crippen LogP contribution in [0.3, 0.4) is 0 Å². The van der Waals surface area contributed by atoms with E-state index in [1.165, 1.54) is 12.8 Å². The van der Waals surface area contributed by atoms with Crippen molar-refractivity contribution in [2.24, 2.45) is 0 Å². The summed E-state index contributed by atoms with van der Waals surface area (Å²) in [7, 11) is 0. The van der Waals surface area contributed by atoms with Gasteiger partial charge < -0.3 is 9.88 Å². The van der Waals surface area contributed by atoms with E-state index in [1.54, 1.807) is 0 Å². The molecule has 6 heteroatoms. The molecule has 154 valence electrons. The van der Waals surface area contributed by atoms with Crippen molar-refractivity contribution in [2.75, 3.05) is 26.2 Å². The van der Waals surface area contributed by atoms with Crippen LogP contribution in [0.15, 0.2) is 4.79 Å². The molecule has 6 nitrogen and oxygen atoms in total. The van der Waals surface area contributed by atoms with Crippen LogP contribution in [0, 0.1) is 0 Å². The number of rotatable bonds is 2. The number of H-pyrrole nitrogens is 1. The summed E-state index contributed by atoms with van der Waals surface area (Å²) in [6.45, 7) is 11.9. The van der Waals surface area contributed by atoms with Gasteiger partial charge in [0.15, 0.2) is 0 Å². The van der Waals surface area contributed by atoms with E-state index in [-0.39, 0.29) is 28.3 Å². The van der Waals surface area contributed by atoms with Gasteiger partial charge in [-0.2, -0.15) is 0 Å². The lowest BCUT2D eigenvalue weighted by Gasteiger charge is -2.41. The summed E-state index contributed by atoms with van der Waals surface area (Å²) in [5.41, 5.74) is 1.71. The number of aromatic nitrogens is 2. The molecule has 1 spiro atoms. The van der Waals surface area contributed by atoms with Crippen LogP contribution in [-0.2, 0) is 22.0 Å². The van der Waals surface area contributed by atoms with Gasteiger partial charge in [-0.25, -0.2) is 4.98 Å². The number of nitrogens with one attached hydrogen (secondary N) is 1. The molecule has 2 aliphatic heterocycles. The predicted molar refractivity (Wildman–Crippen MR) is 110 cm³/mol. The maximum Gasteiger partial charge on any atom is 0.254 e. The van der Waals surface area contributed by atoms with E-state index in [1.807, 2.05) is 4.90 Å². The molecule has 1 aromatic rings. The van der Waals surface area contributed by atoms with Crippen LogP contribution < -0.4 is 5.56 Å².